The Kier molecular flexibility index (Phi) is 8.73. The van der Waals surface area contributed by atoms with E-state index in [4.69, 9.17) is 22.1 Å². The van der Waals surface area contributed by atoms with E-state index in [0.717, 1.165) is 10.5 Å². The summed E-state index contributed by atoms with van der Waals surface area (Å²) >= 11 is 5.94. The van der Waals surface area contributed by atoms with Crippen LogP contribution in [0.15, 0.2) is 42.5 Å². The number of alkyl halides is 6. The van der Waals surface area contributed by atoms with Gasteiger partial charge in [-0.15, -0.1) is 0 Å². The molecule has 2 N–H and O–H groups in total. The van der Waals surface area contributed by atoms with Crippen molar-refractivity contribution in [3.8, 4) is 0 Å². The van der Waals surface area contributed by atoms with Crippen LogP contribution >= 0.6 is 11.6 Å². The maximum absolute atomic E-state index is 13.3. The highest BCUT2D eigenvalue weighted by Crippen LogP contribution is 2.36. The van der Waals surface area contributed by atoms with Crippen molar-refractivity contribution in [2.24, 2.45) is 5.73 Å². The molecule has 8 nitrogen and oxygen atoms in total. The van der Waals surface area contributed by atoms with Gasteiger partial charge in [0, 0.05) is 24.5 Å². The number of rotatable bonds is 6. The molecule has 0 bridgehead atoms. The fourth-order valence-electron chi connectivity index (χ4n) is 4.91. The van der Waals surface area contributed by atoms with Gasteiger partial charge in [0.25, 0.3) is 0 Å². The van der Waals surface area contributed by atoms with Crippen LogP contribution in [0.5, 0.6) is 0 Å². The molecule has 41 heavy (non-hydrogen) atoms. The second kappa shape index (κ2) is 11.8. The number of nitrogens with two attached hydrogens (primary N) is 1. The maximum Gasteiger partial charge on any atom is 0.416 e. The monoisotopic (exact) mass is 606 g/mol. The summed E-state index contributed by atoms with van der Waals surface area (Å²) in [6.45, 7) is -0.937. The lowest BCUT2D eigenvalue weighted by molar-refractivity contribution is -0.168. The molecule has 2 aromatic rings. The quantitative estimate of drug-likeness (QED) is 0.484. The summed E-state index contributed by atoms with van der Waals surface area (Å²) < 4.78 is 84.5. The van der Waals surface area contributed by atoms with E-state index in [9.17, 15) is 40.7 Å². The van der Waals surface area contributed by atoms with Crippen LogP contribution in [0.25, 0.3) is 0 Å². The summed E-state index contributed by atoms with van der Waals surface area (Å²) in [7, 11) is 0. The van der Waals surface area contributed by atoms with Gasteiger partial charge in [0.15, 0.2) is 0 Å². The fourth-order valence-corrected chi connectivity index (χ4v) is 5.04. The second-order valence-corrected chi connectivity index (χ2v) is 10.1. The van der Waals surface area contributed by atoms with E-state index in [0.29, 0.717) is 17.2 Å². The van der Waals surface area contributed by atoms with Gasteiger partial charge in [0.1, 0.15) is 18.8 Å². The molecule has 2 fully saturated rings. The van der Waals surface area contributed by atoms with Crippen molar-refractivity contribution in [3.63, 3.8) is 0 Å². The van der Waals surface area contributed by atoms with Gasteiger partial charge in [0.05, 0.1) is 17.7 Å². The number of amides is 3. The van der Waals surface area contributed by atoms with Crippen LogP contribution in [0.4, 0.5) is 31.1 Å². The zero-order valence-corrected chi connectivity index (χ0v) is 22.1. The summed E-state index contributed by atoms with van der Waals surface area (Å²) in [4.78, 5) is 43.2. The zero-order chi connectivity index (χ0) is 30.1. The molecule has 0 unspecified atom stereocenters. The first-order valence-electron chi connectivity index (χ1n) is 12.4. The molecule has 4 rings (SSSR count). The van der Waals surface area contributed by atoms with Gasteiger partial charge in [-0.3, -0.25) is 14.5 Å². The number of halogens is 7. The number of ether oxygens (including phenoxy) is 1. The first-order valence-corrected chi connectivity index (χ1v) is 12.8. The van der Waals surface area contributed by atoms with Crippen molar-refractivity contribution in [2.75, 3.05) is 19.6 Å². The molecular formula is C26H25ClF6N4O4. The van der Waals surface area contributed by atoms with Gasteiger partial charge in [0.2, 0.25) is 11.8 Å². The Morgan fingerprint density at radius 1 is 0.976 bits per heavy atom. The van der Waals surface area contributed by atoms with Gasteiger partial charge in [-0.25, -0.2) is 4.79 Å². The predicted octanol–water partition coefficient (Wildman–Crippen LogP) is 4.63. The van der Waals surface area contributed by atoms with Crippen molar-refractivity contribution >= 4 is 29.5 Å². The average molecular weight is 607 g/mol. The molecule has 2 aliphatic heterocycles. The van der Waals surface area contributed by atoms with Crippen molar-refractivity contribution in [3.05, 3.63) is 69.7 Å². The predicted molar refractivity (Wildman–Crippen MR) is 133 cm³/mol. The minimum Gasteiger partial charge on any atom is -0.444 e. The fraction of sp³-hybridized carbons (Fsp3) is 0.423. The molecule has 222 valence electrons. The van der Waals surface area contributed by atoms with Crippen LogP contribution in [-0.2, 0) is 39.8 Å². The third kappa shape index (κ3) is 6.87. The molecule has 2 aliphatic rings. The first-order chi connectivity index (χ1) is 19.2. The number of benzene rings is 2. The van der Waals surface area contributed by atoms with Crippen LogP contribution in [0.2, 0.25) is 5.02 Å². The zero-order valence-electron chi connectivity index (χ0n) is 21.3. The second-order valence-electron chi connectivity index (χ2n) is 9.63. The van der Waals surface area contributed by atoms with Crippen LogP contribution in [0, 0.1) is 0 Å². The lowest BCUT2D eigenvalue weighted by Crippen LogP contribution is -2.71. The molecule has 3 amide bonds. The molecule has 15 heteroatoms. The molecule has 2 atom stereocenters. The number of nitrogens with zero attached hydrogens (tertiary/aromatic N) is 3. The lowest BCUT2D eigenvalue weighted by Gasteiger charge is -2.51. The van der Waals surface area contributed by atoms with Crippen molar-refractivity contribution in [1.82, 2.24) is 14.7 Å². The molecule has 0 aliphatic carbocycles. The third-order valence-electron chi connectivity index (χ3n) is 6.82. The summed E-state index contributed by atoms with van der Waals surface area (Å²) in [5, 5.41) is 0.487. The number of fused-ring (bicyclic) bond motifs is 1. The number of piperazine rings is 1. The van der Waals surface area contributed by atoms with Crippen molar-refractivity contribution in [1.29, 1.82) is 0 Å². The summed E-state index contributed by atoms with van der Waals surface area (Å²) in [5.74, 6) is -0.779. The molecule has 2 aromatic carbocycles. The minimum absolute atomic E-state index is 0.0225. The summed E-state index contributed by atoms with van der Waals surface area (Å²) in [6.07, 6.45) is -12.2. The molecular weight excluding hydrogens is 582 g/mol. The normalized spacial score (nSPS) is 19.9. The van der Waals surface area contributed by atoms with Crippen molar-refractivity contribution in [2.45, 2.75) is 50.6 Å². The Morgan fingerprint density at radius 3 is 2.15 bits per heavy atom. The van der Waals surface area contributed by atoms with Crippen LogP contribution < -0.4 is 5.73 Å². The van der Waals surface area contributed by atoms with E-state index >= 15 is 0 Å². The number of carbonyl (C=O) groups excluding carboxylic acids is 3. The summed E-state index contributed by atoms with van der Waals surface area (Å²) in [5.41, 5.74) is 2.83. The highest BCUT2D eigenvalue weighted by molar-refractivity contribution is 6.30. The van der Waals surface area contributed by atoms with E-state index in [-0.39, 0.29) is 51.0 Å². The Hall–Kier alpha value is -3.52. The van der Waals surface area contributed by atoms with E-state index in [1.54, 1.807) is 24.3 Å². The smallest absolute Gasteiger partial charge is 0.416 e. The molecule has 0 aromatic heterocycles. The topological polar surface area (TPSA) is 96.2 Å². The van der Waals surface area contributed by atoms with E-state index < -0.39 is 59.9 Å². The first kappa shape index (κ1) is 30.4. The highest BCUT2D eigenvalue weighted by atomic mass is 35.5. The number of carbonyl (C=O) groups is 3. The number of hydrogen-bond acceptors (Lipinski definition) is 5. The Bertz CT molecular complexity index is 1270. The lowest BCUT2D eigenvalue weighted by atomic mass is 10.0. The van der Waals surface area contributed by atoms with Crippen LogP contribution in [0.3, 0.4) is 0 Å². The highest BCUT2D eigenvalue weighted by Gasteiger charge is 2.49. The molecule has 0 spiro atoms. The van der Waals surface area contributed by atoms with Crippen molar-refractivity contribution < 1.29 is 45.5 Å². The Morgan fingerprint density at radius 2 is 1.59 bits per heavy atom. The van der Waals surface area contributed by atoms with Crippen LogP contribution in [-0.4, -0.2) is 64.4 Å². The van der Waals surface area contributed by atoms with Crippen LogP contribution in [0.1, 0.15) is 35.1 Å². The maximum atomic E-state index is 13.3. The van der Waals surface area contributed by atoms with E-state index in [1.165, 1.54) is 9.80 Å². The molecule has 2 heterocycles. The Balaban J connectivity index is 1.57. The van der Waals surface area contributed by atoms with Gasteiger partial charge < -0.3 is 20.3 Å². The SMILES string of the molecule is NCC[C@H]1C(=O)N(Cc2ccc(Cl)cc2)C[C@@H]2N(C(=O)OCc3cc(C(F)(F)F)cc(C(F)(F)F)c3)CCC(=O)N21. The largest absolute Gasteiger partial charge is 0.444 e. The summed E-state index contributed by atoms with van der Waals surface area (Å²) in [6, 6.07) is 6.64. The van der Waals surface area contributed by atoms with Gasteiger partial charge in [-0.1, -0.05) is 23.7 Å². The standard InChI is InChI=1S/C26H25ClF6N4O4/c27-19-3-1-15(2-4-19)12-35-13-21-36(8-6-22(38)37(21)20(5-7-34)23(35)39)24(40)41-14-16-9-17(25(28,29)30)11-18(10-16)26(31,32)33/h1-4,9-11,20-21H,5-8,12-14,34H2/t20-,21+/m0/s1. The van der Waals surface area contributed by atoms with E-state index in [2.05, 4.69) is 0 Å². The third-order valence-corrected chi connectivity index (χ3v) is 7.07. The van der Waals surface area contributed by atoms with Gasteiger partial charge in [-0.2, -0.15) is 26.3 Å². The van der Waals surface area contributed by atoms with Gasteiger partial charge in [-0.05, 0) is 54.4 Å². The molecule has 2 saturated heterocycles. The Labute approximate surface area is 235 Å². The molecule has 0 saturated carbocycles. The average Bonchev–Trinajstić information content (AvgIpc) is 2.90. The minimum atomic E-state index is -5.06. The van der Waals surface area contributed by atoms with Gasteiger partial charge >= 0.3 is 18.4 Å². The molecule has 0 radical (unpaired) electrons. The number of hydrogen-bond donors (Lipinski definition) is 1. The van der Waals surface area contributed by atoms with E-state index in [1.807, 2.05) is 0 Å².